The molecule has 2 aromatic rings. The third-order valence-corrected chi connectivity index (χ3v) is 5.94. The second-order valence-corrected chi connectivity index (χ2v) is 7.55. The van der Waals surface area contributed by atoms with Crippen molar-refractivity contribution in [2.75, 3.05) is 26.3 Å². The van der Waals surface area contributed by atoms with Gasteiger partial charge in [0.25, 0.3) is 0 Å². The molecule has 0 bridgehead atoms. The van der Waals surface area contributed by atoms with E-state index in [1.165, 1.54) is 6.07 Å². The fraction of sp³-hybridized carbons (Fsp3) is 0.588. The summed E-state index contributed by atoms with van der Waals surface area (Å²) in [6, 6.07) is 3.87. The van der Waals surface area contributed by atoms with Crippen molar-refractivity contribution in [1.29, 1.82) is 0 Å². The molecule has 1 aromatic carbocycles. The lowest BCUT2D eigenvalue weighted by Gasteiger charge is -2.39. The van der Waals surface area contributed by atoms with Gasteiger partial charge in [-0.3, -0.25) is 4.57 Å². The smallest absolute Gasteiger partial charge is 0.326 e. The van der Waals surface area contributed by atoms with Crippen LogP contribution in [0.15, 0.2) is 21.4 Å². The Morgan fingerprint density at radius 2 is 1.80 bits per heavy atom. The molecule has 138 valence electrons. The standard InChI is InChI=1S/C17H21BrFN3O2.ClH/c18-13-9-16-15(10-14(13)19)20-17(23)22(16)12-1-5-21(6-2-12)11-3-7-24-8-4-11;/h9-12H,1-8H2,(H,20,23);1H. The Morgan fingerprint density at radius 3 is 2.48 bits per heavy atom. The number of H-pyrrole nitrogens is 1. The minimum atomic E-state index is -0.356. The van der Waals surface area contributed by atoms with E-state index < -0.39 is 0 Å². The molecule has 0 amide bonds. The molecule has 2 aliphatic heterocycles. The van der Waals surface area contributed by atoms with E-state index in [4.69, 9.17) is 4.74 Å². The number of rotatable bonds is 2. The summed E-state index contributed by atoms with van der Waals surface area (Å²) >= 11 is 3.22. The molecule has 25 heavy (non-hydrogen) atoms. The first-order valence-electron chi connectivity index (χ1n) is 8.54. The third kappa shape index (κ3) is 3.65. The Kier molecular flexibility index (Phi) is 5.88. The van der Waals surface area contributed by atoms with Crippen molar-refractivity contribution in [2.45, 2.75) is 37.8 Å². The molecule has 4 rings (SSSR count). The molecule has 2 fully saturated rings. The van der Waals surface area contributed by atoms with Gasteiger partial charge in [0.2, 0.25) is 0 Å². The quantitative estimate of drug-likeness (QED) is 0.787. The number of nitrogens with one attached hydrogen (secondary N) is 1. The van der Waals surface area contributed by atoms with Crippen LogP contribution in [0.2, 0.25) is 0 Å². The van der Waals surface area contributed by atoms with Crippen molar-refractivity contribution in [2.24, 2.45) is 0 Å². The molecular weight excluding hydrogens is 413 g/mol. The molecule has 3 heterocycles. The maximum Gasteiger partial charge on any atom is 0.326 e. The van der Waals surface area contributed by atoms with E-state index in [9.17, 15) is 9.18 Å². The summed E-state index contributed by atoms with van der Waals surface area (Å²) in [5.41, 5.74) is 1.19. The van der Waals surface area contributed by atoms with Gasteiger partial charge in [-0.15, -0.1) is 12.4 Å². The lowest BCUT2D eigenvalue weighted by molar-refractivity contribution is 0.0220. The monoisotopic (exact) mass is 433 g/mol. The summed E-state index contributed by atoms with van der Waals surface area (Å²) in [7, 11) is 0. The Labute approximate surface area is 160 Å². The van der Waals surface area contributed by atoms with Crippen LogP contribution in [-0.2, 0) is 4.74 Å². The fourth-order valence-corrected chi connectivity index (χ4v) is 4.37. The summed E-state index contributed by atoms with van der Waals surface area (Å²) in [4.78, 5) is 17.7. The minimum absolute atomic E-state index is 0. The number of likely N-dealkylation sites (tertiary alicyclic amines) is 1. The van der Waals surface area contributed by atoms with E-state index in [0.717, 1.165) is 57.5 Å². The Hall–Kier alpha value is -0.890. The highest BCUT2D eigenvalue weighted by Crippen LogP contribution is 2.29. The largest absolute Gasteiger partial charge is 0.381 e. The number of nitrogens with zero attached hydrogens (tertiary/aromatic N) is 2. The number of piperidine rings is 1. The van der Waals surface area contributed by atoms with Crippen LogP contribution >= 0.6 is 28.3 Å². The lowest BCUT2D eigenvalue weighted by Crippen LogP contribution is -2.45. The first kappa shape index (κ1) is 18.9. The minimum Gasteiger partial charge on any atom is -0.381 e. The third-order valence-electron chi connectivity index (χ3n) is 5.33. The van der Waals surface area contributed by atoms with Gasteiger partial charge in [-0.1, -0.05) is 0 Å². The SMILES string of the molecule is Cl.O=c1[nH]c2cc(F)c(Br)cc2n1C1CCN(C2CCOCC2)CC1. The second kappa shape index (κ2) is 7.78. The van der Waals surface area contributed by atoms with Crippen LogP contribution < -0.4 is 5.69 Å². The van der Waals surface area contributed by atoms with Crippen molar-refractivity contribution >= 4 is 39.4 Å². The van der Waals surface area contributed by atoms with Gasteiger partial charge in [-0.05, 0) is 47.7 Å². The van der Waals surface area contributed by atoms with Crippen LogP contribution in [0.4, 0.5) is 4.39 Å². The molecule has 0 aliphatic carbocycles. The molecular formula is C17H22BrClFN3O2. The number of halogens is 3. The van der Waals surface area contributed by atoms with Crippen LogP contribution in [0.5, 0.6) is 0 Å². The van der Waals surface area contributed by atoms with Crippen molar-refractivity contribution in [3.63, 3.8) is 0 Å². The van der Waals surface area contributed by atoms with E-state index in [2.05, 4.69) is 25.8 Å². The number of hydrogen-bond acceptors (Lipinski definition) is 3. The average Bonchev–Trinajstić information content (AvgIpc) is 2.91. The number of fused-ring (bicyclic) bond motifs is 1. The maximum absolute atomic E-state index is 13.7. The maximum atomic E-state index is 13.7. The number of aromatic nitrogens is 2. The molecule has 0 saturated carbocycles. The van der Waals surface area contributed by atoms with Gasteiger partial charge in [-0.2, -0.15) is 0 Å². The zero-order valence-electron chi connectivity index (χ0n) is 13.8. The number of imidazole rings is 1. The molecule has 0 unspecified atom stereocenters. The average molecular weight is 435 g/mol. The first-order chi connectivity index (χ1) is 11.6. The highest BCUT2D eigenvalue weighted by molar-refractivity contribution is 9.10. The molecule has 2 saturated heterocycles. The van der Waals surface area contributed by atoms with Crippen LogP contribution in [0.1, 0.15) is 31.7 Å². The van der Waals surface area contributed by atoms with Gasteiger partial charge in [0.15, 0.2) is 0 Å². The van der Waals surface area contributed by atoms with Gasteiger partial charge < -0.3 is 14.6 Å². The van der Waals surface area contributed by atoms with Crippen molar-refractivity contribution in [3.05, 3.63) is 32.9 Å². The highest BCUT2D eigenvalue weighted by Gasteiger charge is 2.28. The van der Waals surface area contributed by atoms with E-state index >= 15 is 0 Å². The van der Waals surface area contributed by atoms with Gasteiger partial charge >= 0.3 is 5.69 Å². The van der Waals surface area contributed by atoms with E-state index in [-0.39, 0.29) is 30.0 Å². The molecule has 2 aliphatic rings. The van der Waals surface area contributed by atoms with Gasteiger partial charge in [0.1, 0.15) is 5.82 Å². The molecule has 5 nitrogen and oxygen atoms in total. The van der Waals surface area contributed by atoms with E-state index in [1.54, 1.807) is 10.6 Å². The van der Waals surface area contributed by atoms with Crippen LogP contribution in [-0.4, -0.2) is 46.8 Å². The number of ether oxygens (including phenoxy) is 1. The molecule has 0 atom stereocenters. The number of aromatic amines is 1. The Balaban J connectivity index is 0.00000182. The predicted octanol–water partition coefficient (Wildman–Crippen LogP) is 3.47. The summed E-state index contributed by atoms with van der Waals surface area (Å²) in [6.45, 7) is 3.70. The number of hydrogen-bond donors (Lipinski definition) is 1. The van der Waals surface area contributed by atoms with Crippen molar-refractivity contribution in [1.82, 2.24) is 14.5 Å². The zero-order chi connectivity index (χ0) is 16.7. The summed E-state index contributed by atoms with van der Waals surface area (Å²) in [5, 5.41) is 0. The zero-order valence-corrected chi connectivity index (χ0v) is 16.2. The van der Waals surface area contributed by atoms with E-state index in [1.807, 2.05) is 0 Å². The summed E-state index contributed by atoms with van der Waals surface area (Å²) in [6.07, 6.45) is 4.09. The van der Waals surface area contributed by atoms with Gasteiger partial charge in [0, 0.05) is 44.5 Å². The van der Waals surface area contributed by atoms with Crippen LogP contribution in [0, 0.1) is 5.82 Å². The van der Waals surface area contributed by atoms with Crippen LogP contribution in [0.25, 0.3) is 11.0 Å². The fourth-order valence-electron chi connectivity index (χ4n) is 4.04. The second-order valence-electron chi connectivity index (χ2n) is 6.69. The van der Waals surface area contributed by atoms with Crippen LogP contribution in [0.3, 0.4) is 0 Å². The molecule has 1 N–H and O–H groups in total. The molecule has 8 heteroatoms. The molecule has 0 radical (unpaired) electrons. The normalized spacial score (nSPS) is 20.7. The topological polar surface area (TPSA) is 50.3 Å². The van der Waals surface area contributed by atoms with Gasteiger partial charge in [0.05, 0.1) is 15.5 Å². The molecule has 0 spiro atoms. The van der Waals surface area contributed by atoms with Crippen molar-refractivity contribution < 1.29 is 9.13 Å². The van der Waals surface area contributed by atoms with Crippen molar-refractivity contribution in [3.8, 4) is 0 Å². The Bertz CT molecular complexity index is 795. The molecule has 1 aromatic heterocycles. The summed E-state index contributed by atoms with van der Waals surface area (Å²) < 4.78 is 21.3. The van der Waals surface area contributed by atoms with E-state index in [0.29, 0.717) is 16.0 Å². The predicted molar refractivity (Wildman–Crippen MR) is 101 cm³/mol. The first-order valence-corrected chi connectivity index (χ1v) is 9.34. The lowest BCUT2D eigenvalue weighted by atomic mass is 9.99. The van der Waals surface area contributed by atoms with Gasteiger partial charge in [-0.25, -0.2) is 9.18 Å². The highest BCUT2D eigenvalue weighted by atomic mass is 79.9. The number of benzene rings is 1. The Morgan fingerprint density at radius 1 is 1.12 bits per heavy atom. The summed E-state index contributed by atoms with van der Waals surface area (Å²) in [5.74, 6) is -0.356.